The van der Waals surface area contributed by atoms with Gasteiger partial charge in [0.2, 0.25) is 0 Å². The fraction of sp³-hybridized carbons (Fsp3) is 0.500. The molecule has 0 aromatic carbocycles. The van der Waals surface area contributed by atoms with Gasteiger partial charge in [0, 0.05) is 19.7 Å². The molecule has 0 N–H and O–H groups in total. The summed E-state index contributed by atoms with van der Waals surface area (Å²) in [5.74, 6) is -0.749. The number of rotatable bonds is 4. The molecule has 0 saturated heterocycles. The van der Waals surface area contributed by atoms with Crippen molar-refractivity contribution < 1.29 is 18.7 Å². The molecule has 0 aliphatic carbocycles. The van der Waals surface area contributed by atoms with Crippen LogP contribution in [-0.4, -0.2) is 34.9 Å². The Morgan fingerprint density at radius 3 is 2.71 bits per heavy atom. The molecule has 0 saturated carbocycles. The molecule has 1 rings (SSSR count). The van der Waals surface area contributed by atoms with Gasteiger partial charge in [0.1, 0.15) is 17.6 Å². The van der Waals surface area contributed by atoms with Gasteiger partial charge in [-0.1, -0.05) is 11.6 Å². The predicted octanol–water partition coefficient (Wildman–Crippen LogP) is 3.37. The van der Waals surface area contributed by atoms with Crippen molar-refractivity contribution in [2.45, 2.75) is 38.8 Å². The van der Waals surface area contributed by atoms with Crippen LogP contribution in [0.3, 0.4) is 0 Å². The molecule has 0 spiro atoms. The Balaban J connectivity index is 3.09. The zero-order chi connectivity index (χ0) is 16.2. The van der Waals surface area contributed by atoms with E-state index in [-0.39, 0.29) is 17.1 Å². The van der Waals surface area contributed by atoms with Crippen molar-refractivity contribution in [3.63, 3.8) is 0 Å². The van der Waals surface area contributed by atoms with Crippen molar-refractivity contribution in [1.82, 2.24) is 9.88 Å². The van der Waals surface area contributed by atoms with Crippen molar-refractivity contribution in [3.05, 3.63) is 28.8 Å². The Morgan fingerprint density at radius 1 is 1.57 bits per heavy atom. The number of nitrogens with zero attached hydrogens (tertiary/aromatic N) is 2. The van der Waals surface area contributed by atoms with Gasteiger partial charge in [-0.3, -0.25) is 4.98 Å². The average molecular weight is 317 g/mol. The van der Waals surface area contributed by atoms with E-state index in [4.69, 9.17) is 16.3 Å². The highest BCUT2D eigenvalue weighted by atomic mass is 35.5. The fourth-order valence-corrected chi connectivity index (χ4v) is 1.83. The molecular formula is C14H18ClFN2O3. The van der Waals surface area contributed by atoms with Crippen LogP contribution in [0.4, 0.5) is 9.18 Å². The van der Waals surface area contributed by atoms with Crippen LogP contribution in [0, 0.1) is 5.82 Å². The Hall–Kier alpha value is -1.69. The summed E-state index contributed by atoms with van der Waals surface area (Å²) < 4.78 is 19.3. The average Bonchev–Trinajstić information content (AvgIpc) is 2.37. The number of ether oxygens (including phenoxy) is 1. The molecule has 116 valence electrons. The second-order valence-corrected chi connectivity index (χ2v) is 5.91. The summed E-state index contributed by atoms with van der Waals surface area (Å²) in [5.41, 5.74) is -0.764. The fourth-order valence-electron chi connectivity index (χ4n) is 1.67. The topological polar surface area (TPSA) is 59.5 Å². The largest absolute Gasteiger partial charge is 0.444 e. The van der Waals surface area contributed by atoms with Gasteiger partial charge in [-0.05, 0) is 26.8 Å². The molecule has 1 unspecified atom stereocenters. The van der Waals surface area contributed by atoms with E-state index in [1.165, 1.54) is 19.3 Å². The number of pyridine rings is 1. The van der Waals surface area contributed by atoms with E-state index in [1.54, 1.807) is 20.8 Å². The number of carbonyl (C=O) groups is 2. The molecule has 1 atom stereocenters. The van der Waals surface area contributed by atoms with E-state index in [9.17, 15) is 14.0 Å². The maximum absolute atomic E-state index is 14.0. The summed E-state index contributed by atoms with van der Waals surface area (Å²) in [6, 6.07) is 0.419. The molecule has 0 fully saturated rings. The third-order valence-corrected chi connectivity index (χ3v) is 2.95. The van der Waals surface area contributed by atoms with Gasteiger partial charge in [-0.2, -0.15) is 0 Å². The van der Waals surface area contributed by atoms with Gasteiger partial charge in [0.05, 0.1) is 11.1 Å². The number of aldehydes is 1. The molecule has 21 heavy (non-hydrogen) atoms. The summed E-state index contributed by atoms with van der Waals surface area (Å²) in [5, 5.41) is -0.117. The van der Waals surface area contributed by atoms with E-state index >= 15 is 0 Å². The van der Waals surface area contributed by atoms with Crippen LogP contribution >= 0.6 is 11.6 Å². The molecule has 0 bridgehead atoms. The summed E-state index contributed by atoms with van der Waals surface area (Å²) in [4.78, 5) is 27.9. The number of amides is 1. The van der Waals surface area contributed by atoms with Crippen LogP contribution in [0.5, 0.6) is 0 Å². The third-order valence-electron chi connectivity index (χ3n) is 2.65. The van der Waals surface area contributed by atoms with Crippen LogP contribution in [0.1, 0.15) is 38.9 Å². The van der Waals surface area contributed by atoms with E-state index < -0.39 is 23.6 Å². The lowest BCUT2D eigenvalue weighted by Gasteiger charge is -2.29. The van der Waals surface area contributed by atoms with Gasteiger partial charge < -0.3 is 14.4 Å². The van der Waals surface area contributed by atoms with Crippen molar-refractivity contribution in [2.75, 3.05) is 7.05 Å². The van der Waals surface area contributed by atoms with Crippen molar-refractivity contribution in [3.8, 4) is 0 Å². The summed E-state index contributed by atoms with van der Waals surface area (Å²) >= 11 is 5.71. The van der Waals surface area contributed by atoms with E-state index in [0.717, 1.165) is 4.90 Å². The highest BCUT2D eigenvalue weighted by Gasteiger charge is 2.29. The normalized spacial score (nSPS) is 12.7. The third kappa shape index (κ3) is 4.67. The summed E-state index contributed by atoms with van der Waals surface area (Å²) in [6.07, 6.45) is 1.13. The number of hydrogen-bond donors (Lipinski definition) is 0. The molecular weight excluding hydrogens is 299 g/mol. The second kappa shape index (κ2) is 6.85. The highest BCUT2D eigenvalue weighted by Crippen LogP contribution is 2.27. The maximum atomic E-state index is 14.0. The van der Waals surface area contributed by atoms with Crippen molar-refractivity contribution in [1.29, 1.82) is 0 Å². The van der Waals surface area contributed by atoms with Crippen molar-refractivity contribution in [2.24, 2.45) is 0 Å². The lowest BCUT2D eigenvalue weighted by atomic mass is 10.1. The number of aromatic nitrogens is 1. The molecule has 1 amide bonds. The quantitative estimate of drug-likeness (QED) is 0.799. The summed E-state index contributed by atoms with van der Waals surface area (Å²) in [7, 11) is 1.42. The smallest absolute Gasteiger partial charge is 0.410 e. The lowest BCUT2D eigenvalue weighted by molar-refractivity contribution is -0.108. The Kier molecular flexibility index (Phi) is 5.66. The van der Waals surface area contributed by atoms with Crippen molar-refractivity contribution >= 4 is 24.0 Å². The van der Waals surface area contributed by atoms with Crippen LogP contribution in [0.2, 0.25) is 5.02 Å². The molecule has 0 radical (unpaired) electrons. The minimum absolute atomic E-state index is 0.0667. The maximum Gasteiger partial charge on any atom is 0.410 e. The van der Waals surface area contributed by atoms with Gasteiger partial charge in [-0.15, -0.1) is 0 Å². The SMILES string of the molecule is CN(C(=O)OC(C)(C)C)C(CC=O)c1nccc(Cl)c1F. The minimum Gasteiger partial charge on any atom is -0.444 e. The van der Waals surface area contributed by atoms with Crippen LogP contribution in [0.25, 0.3) is 0 Å². The number of carbonyl (C=O) groups excluding carboxylic acids is 2. The molecule has 1 aromatic heterocycles. The minimum atomic E-state index is -0.879. The van der Waals surface area contributed by atoms with Gasteiger partial charge in [-0.25, -0.2) is 9.18 Å². The van der Waals surface area contributed by atoms with Gasteiger partial charge in [0.25, 0.3) is 0 Å². The first-order valence-corrected chi connectivity index (χ1v) is 6.74. The van der Waals surface area contributed by atoms with Gasteiger partial charge >= 0.3 is 6.09 Å². The zero-order valence-corrected chi connectivity index (χ0v) is 13.1. The molecule has 7 heteroatoms. The van der Waals surface area contributed by atoms with Crippen LogP contribution in [-0.2, 0) is 9.53 Å². The summed E-state index contributed by atoms with van der Waals surface area (Å²) in [6.45, 7) is 5.14. The number of hydrogen-bond acceptors (Lipinski definition) is 4. The van der Waals surface area contributed by atoms with E-state index in [1.807, 2.05) is 0 Å². The molecule has 5 nitrogen and oxygen atoms in total. The second-order valence-electron chi connectivity index (χ2n) is 5.50. The standard InChI is InChI=1S/C14H18ClFN2O3/c1-14(2,3)21-13(20)18(4)10(6-8-19)12-11(16)9(15)5-7-17-12/h5,7-8,10H,6H2,1-4H3. The highest BCUT2D eigenvalue weighted by molar-refractivity contribution is 6.30. The molecule has 1 heterocycles. The Morgan fingerprint density at radius 2 is 2.19 bits per heavy atom. The first-order valence-electron chi connectivity index (χ1n) is 6.36. The molecule has 1 aromatic rings. The monoisotopic (exact) mass is 316 g/mol. The van der Waals surface area contributed by atoms with Crippen LogP contribution in [0.15, 0.2) is 12.3 Å². The Labute approximate surface area is 128 Å². The lowest BCUT2D eigenvalue weighted by Crippen LogP contribution is -2.37. The predicted molar refractivity (Wildman–Crippen MR) is 76.6 cm³/mol. The van der Waals surface area contributed by atoms with E-state index in [0.29, 0.717) is 6.29 Å². The van der Waals surface area contributed by atoms with E-state index in [2.05, 4.69) is 4.98 Å². The first kappa shape index (κ1) is 17.4. The number of halogens is 2. The Bertz CT molecular complexity index is 531. The molecule has 0 aliphatic heterocycles. The molecule has 0 aliphatic rings. The zero-order valence-electron chi connectivity index (χ0n) is 12.4. The first-order chi connectivity index (χ1) is 9.67. The van der Waals surface area contributed by atoms with Gasteiger partial charge in [0.15, 0.2) is 5.82 Å². The van der Waals surface area contributed by atoms with Crippen LogP contribution < -0.4 is 0 Å².